The second-order valence-electron chi connectivity index (χ2n) is 17.0. The van der Waals surface area contributed by atoms with Crippen molar-refractivity contribution in [2.75, 3.05) is 27.8 Å². The Labute approximate surface area is 357 Å². The molecule has 15 heteroatoms. The topological polar surface area (TPSA) is 169 Å². The van der Waals surface area contributed by atoms with Gasteiger partial charge in [0, 0.05) is 41.3 Å². The van der Waals surface area contributed by atoms with Crippen LogP contribution in [0.4, 0.5) is 4.79 Å². The second kappa shape index (κ2) is 19.8. The number of hydrogen-bond donors (Lipinski definition) is 1. The predicted molar refractivity (Wildman–Crippen MR) is 226 cm³/mol. The first-order valence-electron chi connectivity index (χ1n) is 20.7. The highest BCUT2D eigenvalue weighted by atomic mass is 32.1. The number of aliphatic hydroxyl groups excluding tert-OH is 1. The van der Waals surface area contributed by atoms with Crippen molar-refractivity contribution in [2.24, 2.45) is 28.8 Å². The molecule has 0 radical (unpaired) electrons. The number of esters is 1. The first kappa shape index (κ1) is 47.1. The summed E-state index contributed by atoms with van der Waals surface area (Å²) < 4.78 is 36.8. The molecule has 60 heavy (non-hydrogen) atoms. The number of fused-ring (bicyclic) bond motifs is 1. The van der Waals surface area contributed by atoms with Crippen LogP contribution in [0.1, 0.15) is 94.8 Å². The first-order valence-corrected chi connectivity index (χ1v) is 21.6. The minimum Gasteiger partial charge on any atom is -0.457 e. The zero-order valence-electron chi connectivity index (χ0n) is 36.6. The van der Waals surface area contributed by atoms with Crippen LogP contribution in [0.3, 0.4) is 0 Å². The Morgan fingerprint density at radius 1 is 1.02 bits per heavy atom. The normalized spacial score (nSPS) is 36.4. The average molecular weight is 855 g/mol. The summed E-state index contributed by atoms with van der Waals surface area (Å²) in [4.78, 5) is 63.4. The van der Waals surface area contributed by atoms with Crippen LogP contribution in [0, 0.1) is 23.7 Å². The summed E-state index contributed by atoms with van der Waals surface area (Å²) in [5, 5.41) is 16.2. The van der Waals surface area contributed by atoms with Gasteiger partial charge in [-0.2, -0.15) is 0 Å². The lowest BCUT2D eigenvalue weighted by molar-refractivity contribution is -0.295. The SMILES string of the molecule is CC[C@H]1OC(=O)[C@H](C)C(=O)[C@H](C)[C@@H](O[C@@H]2O[C@H](C)C[C@H](N(C)C)[C@H]2O)[C@](C)(OC)C[C@@H](C)/C(=N\OC/C=C/c2ccc(C(=O)c3ccccc3)s2)[C@H](C)[C@H]2OC(=O)O[C@@]21C. The largest absolute Gasteiger partial charge is 0.509 e. The minimum absolute atomic E-state index is 0.0536. The van der Waals surface area contributed by atoms with E-state index in [2.05, 4.69) is 5.16 Å². The molecule has 1 aromatic heterocycles. The van der Waals surface area contributed by atoms with E-state index in [9.17, 15) is 24.3 Å². The van der Waals surface area contributed by atoms with Gasteiger partial charge in [-0.25, -0.2) is 4.79 Å². The maximum Gasteiger partial charge on any atom is 0.509 e. The third kappa shape index (κ3) is 10.2. The van der Waals surface area contributed by atoms with E-state index in [-0.39, 0.29) is 37.4 Å². The Bertz CT molecular complexity index is 1880. The summed E-state index contributed by atoms with van der Waals surface area (Å²) in [6.45, 7) is 14.2. The number of cyclic esters (lactones) is 1. The second-order valence-corrected chi connectivity index (χ2v) is 18.1. The summed E-state index contributed by atoms with van der Waals surface area (Å²) in [6, 6.07) is 12.5. The van der Waals surface area contributed by atoms with Crippen LogP contribution < -0.4 is 0 Å². The first-order chi connectivity index (χ1) is 28.3. The van der Waals surface area contributed by atoms with E-state index < -0.39 is 83.5 Å². The molecule has 0 spiro atoms. The molecule has 2 aromatic rings. The Kier molecular flexibility index (Phi) is 15.5. The van der Waals surface area contributed by atoms with Gasteiger partial charge in [0.15, 0.2) is 23.8 Å². The molecule has 4 heterocycles. The van der Waals surface area contributed by atoms with E-state index in [1.807, 2.05) is 77.0 Å². The molecule has 0 unspecified atom stereocenters. The molecule has 330 valence electrons. The number of hydrogen-bond acceptors (Lipinski definition) is 15. The van der Waals surface area contributed by atoms with Gasteiger partial charge in [-0.15, -0.1) is 11.3 Å². The molecule has 0 amide bonds. The number of carbonyl (C=O) groups is 4. The molecule has 0 aliphatic carbocycles. The molecule has 1 aromatic carbocycles. The fourth-order valence-electron chi connectivity index (χ4n) is 8.85. The van der Waals surface area contributed by atoms with E-state index in [0.29, 0.717) is 22.6 Å². The number of ketones is 2. The number of oxime groups is 1. The van der Waals surface area contributed by atoms with Gasteiger partial charge in [-0.3, -0.25) is 14.4 Å². The molecular weight excluding hydrogens is 793 g/mol. The van der Waals surface area contributed by atoms with Gasteiger partial charge < -0.3 is 43.3 Å². The Morgan fingerprint density at radius 2 is 1.72 bits per heavy atom. The highest BCUT2D eigenvalue weighted by Gasteiger charge is 2.58. The number of nitrogens with zero attached hydrogens (tertiary/aromatic N) is 2. The third-order valence-electron chi connectivity index (χ3n) is 12.3. The van der Waals surface area contributed by atoms with E-state index in [1.165, 1.54) is 25.4 Å². The summed E-state index contributed by atoms with van der Waals surface area (Å²) in [5.41, 5.74) is -1.58. The van der Waals surface area contributed by atoms with Crippen molar-refractivity contribution in [3.05, 3.63) is 63.9 Å². The lowest BCUT2D eigenvalue weighted by atomic mass is 9.74. The van der Waals surface area contributed by atoms with Crippen molar-refractivity contribution in [3.63, 3.8) is 0 Å². The molecule has 3 aliphatic rings. The molecule has 5 rings (SSSR count). The van der Waals surface area contributed by atoms with E-state index in [0.717, 1.165) is 4.88 Å². The monoisotopic (exact) mass is 854 g/mol. The summed E-state index contributed by atoms with van der Waals surface area (Å²) in [7, 11) is 5.27. The van der Waals surface area contributed by atoms with Gasteiger partial charge in [0.1, 0.15) is 24.7 Å². The number of methoxy groups -OCH3 is 1. The fraction of sp³-hybridized carbons (Fsp3) is 0.622. The van der Waals surface area contributed by atoms with Gasteiger partial charge >= 0.3 is 12.1 Å². The van der Waals surface area contributed by atoms with Crippen LogP contribution in [-0.4, -0.2) is 121 Å². The predicted octanol–water partition coefficient (Wildman–Crippen LogP) is 6.71. The van der Waals surface area contributed by atoms with Crippen molar-refractivity contribution in [1.29, 1.82) is 0 Å². The Morgan fingerprint density at radius 3 is 2.37 bits per heavy atom. The van der Waals surface area contributed by atoms with Crippen LogP contribution in [0.5, 0.6) is 0 Å². The van der Waals surface area contributed by atoms with Crippen LogP contribution in [-0.2, 0) is 42.8 Å². The molecule has 0 bridgehead atoms. The maximum absolute atomic E-state index is 14.3. The summed E-state index contributed by atoms with van der Waals surface area (Å²) in [6.07, 6.45) is -1.69. The Balaban J connectivity index is 1.50. The van der Waals surface area contributed by atoms with Crippen molar-refractivity contribution in [2.45, 2.75) is 129 Å². The zero-order chi connectivity index (χ0) is 44.1. The number of rotatable bonds is 11. The van der Waals surface area contributed by atoms with E-state index in [4.69, 9.17) is 33.3 Å². The summed E-state index contributed by atoms with van der Waals surface area (Å²) in [5.74, 6) is -4.58. The van der Waals surface area contributed by atoms with Gasteiger partial charge in [0.25, 0.3) is 0 Å². The van der Waals surface area contributed by atoms with Crippen molar-refractivity contribution >= 4 is 46.8 Å². The van der Waals surface area contributed by atoms with Gasteiger partial charge in [0.05, 0.1) is 28.4 Å². The zero-order valence-corrected chi connectivity index (χ0v) is 37.4. The molecule has 3 saturated heterocycles. The highest BCUT2D eigenvalue weighted by Crippen LogP contribution is 2.42. The van der Waals surface area contributed by atoms with Crippen molar-refractivity contribution in [1.82, 2.24) is 4.90 Å². The Hall–Kier alpha value is -3.99. The standard InChI is InChI=1S/C45H62N2O12S/c1-12-34-45(8)40(58-43(52)59-45)27(4)35(46-54-22-16-19-31-20-21-33(60-31)37(49)30-17-14-13-15-18-30)25(2)24-44(7,53-11)39(28(5)36(48)29(6)41(51)56-34)57-42-38(50)32(47(9)10)23-26(3)55-42/h13-21,25-29,32,34,38-40,42,50H,12,22-24H2,1-11H3/b19-16+,46-35+/t25-,26-,27+,28+,29-,32+,34-,38-,39-,40-,42+,44-,45-/m1/s1. The lowest BCUT2D eigenvalue weighted by Crippen LogP contribution is -2.59. The number of carbonyl (C=O) groups excluding carboxylic acids is 4. The molecule has 3 aliphatic heterocycles. The quantitative estimate of drug-likeness (QED) is 0.0833. The number of aliphatic hydroxyl groups is 1. The number of Topliss-reactive ketones (excluding diaryl/α,β-unsaturated/α-hetero) is 1. The number of likely N-dealkylation sites (N-methyl/N-ethyl adjacent to an activating group) is 1. The molecule has 14 nitrogen and oxygen atoms in total. The van der Waals surface area contributed by atoms with E-state index >= 15 is 0 Å². The molecule has 3 fully saturated rings. The van der Waals surface area contributed by atoms with Crippen LogP contribution >= 0.6 is 11.3 Å². The third-order valence-corrected chi connectivity index (χ3v) is 13.4. The fourth-order valence-corrected chi connectivity index (χ4v) is 9.75. The average Bonchev–Trinajstić information content (AvgIpc) is 3.83. The van der Waals surface area contributed by atoms with Gasteiger partial charge in [-0.05, 0) is 85.3 Å². The van der Waals surface area contributed by atoms with Crippen molar-refractivity contribution < 1.29 is 57.5 Å². The van der Waals surface area contributed by atoms with Gasteiger partial charge in [0.2, 0.25) is 5.78 Å². The molecule has 0 saturated carbocycles. The number of benzene rings is 1. The molecule has 1 N–H and O–H groups in total. The van der Waals surface area contributed by atoms with Crippen LogP contribution in [0.15, 0.2) is 53.7 Å². The minimum atomic E-state index is -1.45. The number of ether oxygens (including phenoxy) is 6. The summed E-state index contributed by atoms with van der Waals surface area (Å²) >= 11 is 1.37. The van der Waals surface area contributed by atoms with Gasteiger partial charge in [-0.1, -0.05) is 63.2 Å². The molecule has 13 atom stereocenters. The lowest BCUT2D eigenvalue weighted by Gasteiger charge is -2.47. The van der Waals surface area contributed by atoms with E-state index in [1.54, 1.807) is 45.0 Å². The van der Waals surface area contributed by atoms with Crippen molar-refractivity contribution in [3.8, 4) is 0 Å². The number of thiophene rings is 1. The smallest absolute Gasteiger partial charge is 0.457 e. The van der Waals surface area contributed by atoms with Crippen LogP contribution in [0.2, 0.25) is 0 Å². The van der Waals surface area contributed by atoms with Crippen LogP contribution in [0.25, 0.3) is 6.08 Å². The maximum atomic E-state index is 14.3. The highest BCUT2D eigenvalue weighted by molar-refractivity contribution is 7.15. The molecular formula is C45H62N2O12S.